The zero-order valence-corrected chi connectivity index (χ0v) is 7.30. The Bertz CT molecular complexity index is 266. The van der Waals surface area contributed by atoms with Gasteiger partial charge in [0, 0.05) is 24.5 Å². The van der Waals surface area contributed by atoms with E-state index in [0.29, 0.717) is 0 Å². The topological polar surface area (TPSA) is 24.1 Å². The smallest absolute Gasteiger partial charge is 0.0363 e. The Balaban J connectivity index is 2.08. The van der Waals surface area contributed by atoms with Crippen LogP contribution in [-0.4, -0.2) is 13.1 Å². The van der Waals surface area contributed by atoms with E-state index < -0.39 is 0 Å². The van der Waals surface area contributed by atoms with Crippen LogP contribution in [0, 0.1) is 0 Å². The van der Waals surface area contributed by atoms with Crippen molar-refractivity contribution in [3.63, 3.8) is 0 Å². The third kappa shape index (κ3) is 1.70. The van der Waals surface area contributed by atoms with Crippen molar-refractivity contribution in [1.29, 1.82) is 0 Å². The second-order valence-electron chi connectivity index (χ2n) is 3.25. The van der Waals surface area contributed by atoms with Crippen LogP contribution in [0.25, 0.3) is 0 Å². The fourth-order valence-corrected chi connectivity index (χ4v) is 1.23. The van der Waals surface area contributed by atoms with Crippen molar-refractivity contribution in [1.82, 2.24) is 0 Å². The van der Waals surface area contributed by atoms with Gasteiger partial charge in [0.25, 0.3) is 0 Å². The van der Waals surface area contributed by atoms with E-state index in [4.69, 9.17) is 0 Å². The average Bonchev–Trinajstić information content (AvgIpc) is 2.89. The van der Waals surface area contributed by atoms with Crippen LogP contribution in [0.5, 0.6) is 0 Å². The molecule has 1 aliphatic carbocycles. The van der Waals surface area contributed by atoms with E-state index in [1.807, 2.05) is 7.05 Å². The first-order chi connectivity index (χ1) is 5.88. The second-order valence-corrected chi connectivity index (χ2v) is 3.25. The zero-order valence-electron chi connectivity index (χ0n) is 7.30. The molecule has 0 radical (unpaired) electrons. The first-order valence-electron chi connectivity index (χ1n) is 4.43. The van der Waals surface area contributed by atoms with Crippen LogP contribution < -0.4 is 10.6 Å². The van der Waals surface area contributed by atoms with Crippen LogP contribution in [-0.2, 0) is 0 Å². The summed E-state index contributed by atoms with van der Waals surface area (Å²) >= 11 is 0. The fraction of sp³-hybridized carbons (Fsp3) is 0.400. The van der Waals surface area contributed by atoms with Gasteiger partial charge < -0.3 is 10.6 Å². The lowest BCUT2D eigenvalue weighted by atomic mass is 10.3. The Labute approximate surface area is 73.0 Å². The molecule has 0 atom stereocenters. The summed E-state index contributed by atoms with van der Waals surface area (Å²) in [4.78, 5) is 0. The highest BCUT2D eigenvalue weighted by atomic mass is 15.0. The minimum absolute atomic E-state index is 0.733. The van der Waals surface area contributed by atoms with Gasteiger partial charge in [-0.05, 0) is 31.0 Å². The van der Waals surface area contributed by atoms with E-state index >= 15 is 0 Å². The highest BCUT2D eigenvalue weighted by Gasteiger charge is 2.20. The molecule has 1 aromatic rings. The van der Waals surface area contributed by atoms with E-state index in [2.05, 4.69) is 34.9 Å². The second kappa shape index (κ2) is 3.05. The summed E-state index contributed by atoms with van der Waals surface area (Å²) < 4.78 is 0. The zero-order chi connectivity index (χ0) is 8.39. The summed E-state index contributed by atoms with van der Waals surface area (Å²) in [5.74, 6) is 0. The van der Waals surface area contributed by atoms with Crippen molar-refractivity contribution in [2.24, 2.45) is 0 Å². The van der Waals surface area contributed by atoms with Crippen LogP contribution in [0.1, 0.15) is 12.8 Å². The fourth-order valence-electron chi connectivity index (χ4n) is 1.23. The van der Waals surface area contributed by atoms with Gasteiger partial charge >= 0.3 is 0 Å². The minimum Gasteiger partial charge on any atom is -0.388 e. The van der Waals surface area contributed by atoms with Gasteiger partial charge in [-0.1, -0.05) is 6.07 Å². The third-order valence-corrected chi connectivity index (χ3v) is 2.10. The van der Waals surface area contributed by atoms with E-state index in [-0.39, 0.29) is 0 Å². The molecule has 0 aliphatic heterocycles. The maximum Gasteiger partial charge on any atom is 0.0363 e. The van der Waals surface area contributed by atoms with Crippen LogP contribution >= 0.6 is 0 Å². The monoisotopic (exact) mass is 162 g/mol. The van der Waals surface area contributed by atoms with Gasteiger partial charge in [-0.15, -0.1) is 0 Å². The summed E-state index contributed by atoms with van der Waals surface area (Å²) in [5.41, 5.74) is 2.39. The van der Waals surface area contributed by atoms with Gasteiger partial charge in [-0.2, -0.15) is 0 Å². The number of rotatable bonds is 3. The van der Waals surface area contributed by atoms with Gasteiger partial charge in [0.1, 0.15) is 0 Å². The molecule has 1 fully saturated rings. The van der Waals surface area contributed by atoms with Crippen molar-refractivity contribution in [2.45, 2.75) is 18.9 Å². The molecule has 64 valence electrons. The molecule has 0 heterocycles. The molecular weight excluding hydrogens is 148 g/mol. The number of hydrogen-bond donors (Lipinski definition) is 2. The van der Waals surface area contributed by atoms with E-state index in [1.54, 1.807) is 0 Å². The van der Waals surface area contributed by atoms with E-state index in [0.717, 1.165) is 6.04 Å². The molecule has 0 spiro atoms. The van der Waals surface area contributed by atoms with Crippen molar-refractivity contribution < 1.29 is 0 Å². The van der Waals surface area contributed by atoms with E-state index in [9.17, 15) is 0 Å². The molecule has 2 heteroatoms. The lowest BCUT2D eigenvalue weighted by molar-refractivity contribution is 1.16. The van der Waals surface area contributed by atoms with Crippen molar-refractivity contribution >= 4 is 11.4 Å². The van der Waals surface area contributed by atoms with Crippen molar-refractivity contribution in [3.05, 3.63) is 24.3 Å². The molecule has 0 saturated heterocycles. The molecule has 0 amide bonds. The first kappa shape index (κ1) is 7.47. The Morgan fingerprint density at radius 3 is 2.67 bits per heavy atom. The first-order valence-corrected chi connectivity index (χ1v) is 4.43. The van der Waals surface area contributed by atoms with Crippen LogP contribution in [0.3, 0.4) is 0 Å². The van der Waals surface area contributed by atoms with Crippen LogP contribution in [0.2, 0.25) is 0 Å². The molecule has 1 aromatic carbocycles. The highest BCUT2D eigenvalue weighted by molar-refractivity contribution is 5.57. The Kier molecular flexibility index (Phi) is 1.90. The standard InChI is InChI=1S/C10H14N2/c1-11-9-3-2-4-10(7-9)12-8-5-6-8/h2-4,7-8,11-12H,5-6H2,1H3. The predicted molar refractivity (Wildman–Crippen MR) is 52.6 cm³/mol. The van der Waals surface area contributed by atoms with Crippen molar-refractivity contribution in [3.8, 4) is 0 Å². The average molecular weight is 162 g/mol. The minimum atomic E-state index is 0.733. The number of hydrogen-bond acceptors (Lipinski definition) is 2. The molecule has 2 N–H and O–H groups in total. The highest BCUT2D eigenvalue weighted by Crippen LogP contribution is 2.25. The normalized spacial score (nSPS) is 15.8. The lowest BCUT2D eigenvalue weighted by Crippen LogP contribution is -2.00. The molecular formula is C10H14N2. The SMILES string of the molecule is CNc1cccc(NC2CC2)c1. The Morgan fingerprint density at radius 2 is 2.00 bits per heavy atom. The maximum atomic E-state index is 3.45. The van der Waals surface area contributed by atoms with Gasteiger partial charge in [0.05, 0.1) is 0 Å². The quantitative estimate of drug-likeness (QED) is 0.712. The molecule has 2 nitrogen and oxygen atoms in total. The number of benzene rings is 1. The Hall–Kier alpha value is -1.18. The van der Waals surface area contributed by atoms with Crippen molar-refractivity contribution in [2.75, 3.05) is 17.7 Å². The molecule has 1 saturated carbocycles. The summed E-state index contributed by atoms with van der Waals surface area (Å²) in [6, 6.07) is 9.11. The van der Waals surface area contributed by atoms with Gasteiger partial charge in [-0.3, -0.25) is 0 Å². The number of anilines is 2. The largest absolute Gasteiger partial charge is 0.388 e. The van der Waals surface area contributed by atoms with E-state index in [1.165, 1.54) is 24.2 Å². The summed E-state index contributed by atoms with van der Waals surface area (Å²) in [6.45, 7) is 0. The molecule has 0 unspecified atom stereocenters. The molecule has 2 rings (SSSR count). The van der Waals surface area contributed by atoms with Crippen LogP contribution in [0.4, 0.5) is 11.4 Å². The van der Waals surface area contributed by atoms with Crippen LogP contribution in [0.15, 0.2) is 24.3 Å². The predicted octanol–water partition coefficient (Wildman–Crippen LogP) is 2.30. The molecule has 0 aromatic heterocycles. The third-order valence-electron chi connectivity index (χ3n) is 2.10. The van der Waals surface area contributed by atoms with Gasteiger partial charge in [0.15, 0.2) is 0 Å². The lowest BCUT2D eigenvalue weighted by Gasteiger charge is -2.06. The maximum absolute atomic E-state index is 3.45. The molecule has 12 heavy (non-hydrogen) atoms. The van der Waals surface area contributed by atoms with Gasteiger partial charge in [0.2, 0.25) is 0 Å². The number of nitrogens with one attached hydrogen (secondary N) is 2. The molecule has 0 bridgehead atoms. The van der Waals surface area contributed by atoms with Gasteiger partial charge in [-0.25, -0.2) is 0 Å². The summed E-state index contributed by atoms with van der Waals surface area (Å²) in [7, 11) is 1.94. The molecule has 1 aliphatic rings. The Morgan fingerprint density at radius 1 is 1.25 bits per heavy atom. The summed E-state index contributed by atoms with van der Waals surface area (Å²) in [5, 5.41) is 6.57. The summed E-state index contributed by atoms with van der Waals surface area (Å²) in [6.07, 6.45) is 2.65.